The fraction of sp³-hybridized carbons (Fsp3) is 0.167. The molecule has 72 valence electrons. The quantitative estimate of drug-likeness (QED) is 0.707. The largest absolute Gasteiger partial charge is 0.334 e. The molecular formula is C12H12ClN. The molecule has 0 N–H and O–H groups in total. The third kappa shape index (κ3) is 1.83. The molecule has 1 nitrogen and oxygen atoms in total. The standard InChI is InChI=1S/C12H12ClN/c1-10-7-8-14(12(10)13)9-11-5-3-2-4-6-11/h2-8H,9H2,1H3. The Balaban J connectivity index is 2.23. The molecule has 0 radical (unpaired) electrons. The normalized spacial score (nSPS) is 10.4. The summed E-state index contributed by atoms with van der Waals surface area (Å²) in [6, 6.07) is 12.3. The highest BCUT2D eigenvalue weighted by Gasteiger charge is 2.02. The zero-order valence-electron chi connectivity index (χ0n) is 8.07. The van der Waals surface area contributed by atoms with Crippen LogP contribution in [-0.2, 0) is 6.54 Å². The molecule has 0 unspecified atom stereocenters. The number of nitrogens with zero attached hydrogens (tertiary/aromatic N) is 1. The molecule has 0 saturated heterocycles. The Kier molecular flexibility index (Phi) is 2.60. The predicted molar refractivity (Wildman–Crippen MR) is 59.7 cm³/mol. The zero-order chi connectivity index (χ0) is 9.97. The van der Waals surface area contributed by atoms with Crippen molar-refractivity contribution >= 4 is 11.6 Å². The maximum absolute atomic E-state index is 6.12. The SMILES string of the molecule is Cc1ccn(Cc2ccccc2)c1Cl. The second kappa shape index (κ2) is 3.89. The van der Waals surface area contributed by atoms with Crippen LogP contribution in [0.25, 0.3) is 0 Å². The number of hydrogen-bond donors (Lipinski definition) is 0. The van der Waals surface area contributed by atoms with Crippen LogP contribution in [0.5, 0.6) is 0 Å². The highest BCUT2D eigenvalue weighted by Crippen LogP contribution is 2.17. The van der Waals surface area contributed by atoms with Crippen LogP contribution in [0.3, 0.4) is 0 Å². The molecule has 0 aliphatic rings. The van der Waals surface area contributed by atoms with Gasteiger partial charge in [0.15, 0.2) is 0 Å². The van der Waals surface area contributed by atoms with Crippen LogP contribution >= 0.6 is 11.6 Å². The molecule has 0 aliphatic heterocycles. The van der Waals surface area contributed by atoms with Gasteiger partial charge in [-0.05, 0) is 24.1 Å². The number of halogens is 1. The van der Waals surface area contributed by atoms with Crippen molar-refractivity contribution in [1.82, 2.24) is 4.57 Å². The molecule has 1 aromatic carbocycles. The monoisotopic (exact) mass is 205 g/mol. The average molecular weight is 206 g/mol. The summed E-state index contributed by atoms with van der Waals surface area (Å²) in [5.74, 6) is 0. The summed E-state index contributed by atoms with van der Waals surface area (Å²) >= 11 is 6.12. The molecule has 1 heterocycles. The van der Waals surface area contributed by atoms with Crippen LogP contribution in [0.15, 0.2) is 42.6 Å². The summed E-state index contributed by atoms with van der Waals surface area (Å²) in [6.45, 7) is 2.86. The Morgan fingerprint density at radius 1 is 1.14 bits per heavy atom. The Bertz CT molecular complexity index is 417. The first-order valence-corrected chi connectivity index (χ1v) is 5.00. The van der Waals surface area contributed by atoms with E-state index in [0.717, 1.165) is 17.3 Å². The minimum absolute atomic E-state index is 0.828. The highest BCUT2D eigenvalue weighted by atomic mass is 35.5. The Hall–Kier alpha value is -1.21. The van der Waals surface area contributed by atoms with Crippen molar-refractivity contribution in [3.05, 3.63) is 58.9 Å². The lowest BCUT2D eigenvalue weighted by Gasteiger charge is -2.04. The van der Waals surface area contributed by atoms with E-state index in [4.69, 9.17) is 11.6 Å². The van der Waals surface area contributed by atoms with Crippen molar-refractivity contribution in [3.8, 4) is 0 Å². The molecule has 0 fully saturated rings. The molecule has 2 rings (SSSR count). The molecule has 0 aliphatic carbocycles. The summed E-state index contributed by atoms with van der Waals surface area (Å²) < 4.78 is 2.05. The van der Waals surface area contributed by atoms with E-state index in [2.05, 4.69) is 12.1 Å². The zero-order valence-corrected chi connectivity index (χ0v) is 8.83. The molecule has 1 aromatic heterocycles. The first-order chi connectivity index (χ1) is 6.77. The highest BCUT2D eigenvalue weighted by molar-refractivity contribution is 6.30. The molecule has 2 heteroatoms. The minimum Gasteiger partial charge on any atom is -0.334 e. The predicted octanol–water partition coefficient (Wildman–Crippen LogP) is 3.50. The first-order valence-electron chi connectivity index (χ1n) is 4.62. The van der Waals surface area contributed by atoms with E-state index in [-0.39, 0.29) is 0 Å². The van der Waals surface area contributed by atoms with Crippen molar-refractivity contribution in [3.63, 3.8) is 0 Å². The lowest BCUT2D eigenvalue weighted by molar-refractivity contribution is 0.805. The third-order valence-electron chi connectivity index (χ3n) is 2.28. The van der Waals surface area contributed by atoms with Crippen LogP contribution in [0.2, 0.25) is 5.15 Å². The van der Waals surface area contributed by atoms with Gasteiger partial charge in [0.2, 0.25) is 0 Å². The van der Waals surface area contributed by atoms with Gasteiger partial charge in [0.1, 0.15) is 5.15 Å². The first kappa shape index (κ1) is 9.35. The summed E-state index contributed by atoms with van der Waals surface area (Å²) in [6.07, 6.45) is 2.02. The van der Waals surface area contributed by atoms with Crippen molar-refractivity contribution in [2.75, 3.05) is 0 Å². The second-order valence-electron chi connectivity index (χ2n) is 3.40. The van der Waals surface area contributed by atoms with E-state index in [1.165, 1.54) is 5.56 Å². The fourth-order valence-corrected chi connectivity index (χ4v) is 1.64. The maximum Gasteiger partial charge on any atom is 0.112 e. The summed E-state index contributed by atoms with van der Waals surface area (Å²) in [5, 5.41) is 0.828. The number of aromatic nitrogens is 1. The van der Waals surface area contributed by atoms with E-state index >= 15 is 0 Å². The smallest absolute Gasteiger partial charge is 0.112 e. The van der Waals surface area contributed by atoms with Crippen LogP contribution < -0.4 is 0 Å². The Labute approximate surface area is 88.9 Å². The summed E-state index contributed by atoms with van der Waals surface area (Å²) in [4.78, 5) is 0. The molecule has 0 saturated carbocycles. The van der Waals surface area contributed by atoms with Gasteiger partial charge in [-0.1, -0.05) is 41.9 Å². The summed E-state index contributed by atoms with van der Waals surface area (Å²) in [5.41, 5.74) is 2.40. The van der Waals surface area contributed by atoms with Gasteiger partial charge in [0, 0.05) is 12.7 Å². The molecule has 0 atom stereocenters. The van der Waals surface area contributed by atoms with Crippen molar-refractivity contribution < 1.29 is 0 Å². The van der Waals surface area contributed by atoms with E-state index in [1.807, 2.05) is 42.0 Å². The maximum atomic E-state index is 6.12. The summed E-state index contributed by atoms with van der Waals surface area (Å²) in [7, 11) is 0. The van der Waals surface area contributed by atoms with Gasteiger partial charge in [-0.15, -0.1) is 0 Å². The van der Waals surface area contributed by atoms with E-state index in [9.17, 15) is 0 Å². The van der Waals surface area contributed by atoms with Gasteiger partial charge in [-0.25, -0.2) is 0 Å². The van der Waals surface area contributed by atoms with Crippen LogP contribution in [-0.4, -0.2) is 4.57 Å². The Morgan fingerprint density at radius 2 is 1.86 bits per heavy atom. The lowest BCUT2D eigenvalue weighted by Crippen LogP contribution is -1.97. The minimum atomic E-state index is 0.828. The second-order valence-corrected chi connectivity index (χ2v) is 3.76. The van der Waals surface area contributed by atoms with Gasteiger partial charge < -0.3 is 4.57 Å². The van der Waals surface area contributed by atoms with Gasteiger partial charge in [0.25, 0.3) is 0 Å². The van der Waals surface area contributed by atoms with Crippen LogP contribution in [0.1, 0.15) is 11.1 Å². The molecule has 0 spiro atoms. The van der Waals surface area contributed by atoms with Gasteiger partial charge in [-0.2, -0.15) is 0 Å². The topological polar surface area (TPSA) is 4.93 Å². The van der Waals surface area contributed by atoms with Crippen molar-refractivity contribution in [2.24, 2.45) is 0 Å². The van der Waals surface area contributed by atoms with Crippen LogP contribution in [0.4, 0.5) is 0 Å². The molecule has 2 aromatic rings. The number of benzene rings is 1. The number of rotatable bonds is 2. The average Bonchev–Trinajstić information content (AvgIpc) is 2.52. The van der Waals surface area contributed by atoms with Crippen molar-refractivity contribution in [2.45, 2.75) is 13.5 Å². The van der Waals surface area contributed by atoms with Crippen LogP contribution in [0, 0.1) is 6.92 Å². The molecular weight excluding hydrogens is 194 g/mol. The molecule has 0 amide bonds. The van der Waals surface area contributed by atoms with Gasteiger partial charge in [0.05, 0.1) is 0 Å². The molecule has 0 bridgehead atoms. The lowest BCUT2D eigenvalue weighted by atomic mass is 10.2. The third-order valence-corrected chi connectivity index (χ3v) is 2.79. The fourth-order valence-electron chi connectivity index (χ4n) is 1.46. The van der Waals surface area contributed by atoms with Gasteiger partial charge in [-0.3, -0.25) is 0 Å². The van der Waals surface area contributed by atoms with E-state index < -0.39 is 0 Å². The van der Waals surface area contributed by atoms with Crippen molar-refractivity contribution in [1.29, 1.82) is 0 Å². The van der Waals surface area contributed by atoms with E-state index in [1.54, 1.807) is 0 Å². The number of hydrogen-bond acceptors (Lipinski definition) is 0. The van der Waals surface area contributed by atoms with E-state index in [0.29, 0.717) is 0 Å². The Morgan fingerprint density at radius 3 is 2.43 bits per heavy atom. The van der Waals surface area contributed by atoms with Gasteiger partial charge >= 0.3 is 0 Å². The number of aryl methyl sites for hydroxylation is 1. The molecule has 14 heavy (non-hydrogen) atoms.